The fourth-order valence-corrected chi connectivity index (χ4v) is 1.19. The van der Waals surface area contributed by atoms with Gasteiger partial charge in [-0.3, -0.25) is 10.1 Å². The van der Waals surface area contributed by atoms with Crippen molar-refractivity contribution in [1.29, 1.82) is 0 Å². The van der Waals surface area contributed by atoms with E-state index in [4.69, 9.17) is 6.42 Å². The van der Waals surface area contributed by atoms with E-state index >= 15 is 0 Å². The maximum Gasteiger partial charge on any atom is 0.345 e. The molecule has 0 aliphatic carbocycles. The quantitative estimate of drug-likeness (QED) is 0.432. The van der Waals surface area contributed by atoms with Gasteiger partial charge in [-0.15, -0.1) is 6.42 Å². The second-order valence-corrected chi connectivity index (χ2v) is 2.83. The van der Waals surface area contributed by atoms with E-state index in [0.29, 0.717) is 11.7 Å². The molecule has 0 saturated heterocycles. The Morgan fingerprint density at radius 2 is 2.67 bits per heavy atom. The maximum atomic E-state index is 10.2. The topological polar surface area (TPSA) is 68.1 Å². The van der Waals surface area contributed by atoms with Gasteiger partial charge in [-0.1, -0.05) is 5.92 Å². The van der Waals surface area contributed by atoms with Gasteiger partial charge in [0.25, 0.3) is 0 Å². The summed E-state index contributed by atoms with van der Waals surface area (Å²) in [7, 11) is 0. The summed E-state index contributed by atoms with van der Waals surface area (Å²) < 4.78 is 0. The number of nitrogens with one attached hydrogen (secondary N) is 1. The number of nitrogens with zero attached hydrogens (tertiary/aromatic N) is 2. The first-order valence-corrected chi connectivity index (χ1v) is 3.83. The summed E-state index contributed by atoms with van der Waals surface area (Å²) in [6, 6.07) is 0. The van der Waals surface area contributed by atoms with Gasteiger partial charge < -0.3 is 5.32 Å². The van der Waals surface area contributed by atoms with E-state index in [1.54, 1.807) is 0 Å². The molecule has 0 aromatic carbocycles. The van der Waals surface area contributed by atoms with E-state index < -0.39 is 4.92 Å². The highest BCUT2D eigenvalue weighted by Gasteiger charge is 2.09. The van der Waals surface area contributed by atoms with Gasteiger partial charge >= 0.3 is 5.00 Å². The third-order valence-corrected chi connectivity index (χ3v) is 1.92. The zero-order valence-electron chi connectivity index (χ0n) is 5.98. The second-order valence-electron chi connectivity index (χ2n) is 1.82. The summed E-state index contributed by atoms with van der Waals surface area (Å²) in [6.07, 6.45) is 6.17. The lowest BCUT2D eigenvalue weighted by Crippen LogP contribution is -1.96. The Morgan fingerprint density at radius 3 is 3.17 bits per heavy atom. The zero-order chi connectivity index (χ0) is 8.97. The predicted molar refractivity (Wildman–Crippen MR) is 46.1 cm³/mol. The van der Waals surface area contributed by atoms with Crippen molar-refractivity contribution in [3.63, 3.8) is 0 Å². The number of rotatable bonds is 3. The van der Waals surface area contributed by atoms with Crippen molar-refractivity contribution >= 4 is 21.5 Å². The van der Waals surface area contributed by atoms with Crippen molar-refractivity contribution in [1.82, 2.24) is 4.98 Å². The summed E-state index contributed by atoms with van der Waals surface area (Å²) >= 11 is 0.964. The Morgan fingerprint density at radius 1 is 1.92 bits per heavy atom. The smallest absolute Gasteiger partial charge is 0.345 e. The number of hydrogen-bond donors (Lipinski definition) is 1. The molecule has 1 aromatic rings. The number of thiazole rings is 1. The Bertz CT molecular complexity index is 328. The third-order valence-electron chi connectivity index (χ3n) is 1.02. The SMILES string of the molecule is C#CCNc1ncc([N+](=O)[O-])s1. The molecule has 0 aliphatic rings. The Balaban J connectivity index is 2.66. The molecule has 5 nitrogen and oxygen atoms in total. The molecule has 1 aromatic heterocycles. The standard InChI is InChI=1S/C6H5N3O2S/c1-2-3-7-6-8-4-5(12-6)9(10)11/h1,4H,3H2,(H,7,8). The first kappa shape index (κ1) is 8.49. The molecule has 0 amide bonds. The van der Waals surface area contributed by atoms with Crippen LogP contribution >= 0.6 is 11.3 Å². The Labute approximate surface area is 72.6 Å². The Kier molecular flexibility index (Phi) is 2.61. The minimum absolute atomic E-state index is 0.00882. The van der Waals surface area contributed by atoms with Crippen LogP contribution in [0.2, 0.25) is 0 Å². The van der Waals surface area contributed by atoms with Crippen molar-refractivity contribution in [3.05, 3.63) is 16.3 Å². The predicted octanol–water partition coefficient (Wildman–Crippen LogP) is 1.10. The van der Waals surface area contributed by atoms with Crippen LogP contribution in [0.1, 0.15) is 0 Å². The lowest BCUT2D eigenvalue weighted by Gasteiger charge is -1.91. The molecular weight excluding hydrogens is 178 g/mol. The van der Waals surface area contributed by atoms with Gasteiger partial charge in [0.15, 0.2) is 5.13 Å². The van der Waals surface area contributed by atoms with Crippen LogP contribution < -0.4 is 5.32 Å². The molecular formula is C6H5N3O2S. The van der Waals surface area contributed by atoms with E-state index in [0.717, 1.165) is 11.3 Å². The first-order valence-electron chi connectivity index (χ1n) is 3.01. The molecule has 1 rings (SSSR count). The molecule has 1 N–H and O–H groups in total. The van der Waals surface area contributed by atoms with Crippen LogP contribution in [0.4, 0.5) is 10.1 Å². The molecule has 0 unspecified atom stereocenters. The van der Waals surface area contributed by atoms with Crippen molar-refractivity contribution in [2.24, 2.45) is 0 Å². The number of anilines is 1. The zero-order valence-corrected chi connectivity index (χ0v) is 6.80. The van der Waals surface area contributed by atoms with E-state index in [1.165, 1.54) is 6.20 Å². The number of terminal acetylenes is 1. The summed E-state index contributed by atoms with van der Waals surface area (Å²) in [5, 5.41) is 13.4. The van der Waals surface area contributed by atoms with Crippen LogP contribution in [-0.4, -0.2) is 16.5 Å². The minimum atomic E-state index is -0.487. The van der Waals surface area contributed by atoms with Gasteiger partial charge in [-0.2, -0.15) is 0 Å². The van der Waals surface area contributed by atoms with E-state index in [9.17, 15) is 10.1 Å². The summed E-state index contributed by atoms with van der Waals surface area (Å²) in [5.74, 6) is 2.34. The number of hydrogen-bond acceptors (Lipinski definition) is 5. The summed E-state index contributed by atoms with van der Waals surface area (Å²) in [6.45, 7) is 0.324. The maximum absolute atomic E-state index is 10.2. The van der Waals surface area contributed by atoms with Crippen molar-refractivity contribution < 1.29 is 4.92 Å². The first-order chi connectivity index (χ1) is 5.74. The highest BCUT2D eigenvalue weighted by molar-refractivity contribution is 7.18. The lowest BCUT2D eigenvalue weighted by atomic mass is 10.7. The molecule has 0 atom stereocenters. The molecule has 0 spiro atoms. The minimum Gasteiger partial charge on any atom is -0.350 e. The van der Waals surface area contributed by atoms with Gasteiger partial charge in [-0.05, 0) is 11.3 Å². The highest BCUT2D eigenvalue weighted by atomic mass is 32.1. The molecule has 0 bridgehead atoms. The van der Waals surface area contributed by atoms with Gasteiger partial charge in [0.2, 0.25) is 0 Å². The van der Waals surface area contributed by atoms with E-state index in [1.807, 2.05) is 0 Å². The van der Waals surface area contributed by atoms with Crippen LogP contribution in [0, 0.1) is 22.5 Å². The molecule has 6 heteroatoms. The van der Waals surface area contributed by atoms with E-state index in [-0.39, 0.29) is 5.00 Å². The van der Waals surface area contributed by atoms with Crippen LogP contribution in [0.3, 0.4) is 0 Å². The molecule has 0 fully saturated rings. The normalized spacial score (nSPS) is 8.92. The Hall–Kier alpha value is -1.61. The molecule has 0 saturated carbocycles. The van der Waals surface area contributed by atoms with Crippen molar-refractivity contribution in [2.45, 2.75) is 0 Å². The average molecular weight is 183 g/mol. The third kappa shape index (κ3) is 1.93. The van der Waals surface area contributed by atoms with Crippen LogP contribution in [0.5, 0.6) is 0 Å². The van der Waals surface area contributed by atoms with Gasteiger partial charge in [0, 0.05) is 0 Å². The average Bonchev–Trinajstić information content (AvgIpc) is 2.48. The molecule has 0 aliphatic heterocycles. The second kappa shape index (κ2) is 3.69. The van der Waals surface area contributed by atoms with Gasteiger partial charge in [0.05, 0.1) is 11.5 Å². The summed E-state index contributed by atoms with van der Waals surface area (Å²) in [5.41, 5.74) is 0. The monoisotopic (exact) mass is 183 g/mol. The molecule has 1 heterocycles. The number of nitro groups is 1. The van der Waals surface area contributed by atoms with Crippen LogP contribution in [0.25, 0.3) is 0 Å². The van der Waals surface area contributed by atoms with Gasteiger partial charge in [0.1, 0.15) is 6.20 Å². The summed E-state index contributed by atoms with van der Waals surface area (Å²) in [4.78, 5) is 13.5. The van der Waals surface area contributed by atoms with E-state index in [2.05, 4.69) is 16.2 Å². The largest absolute Gasteiger partial charge is 0.350 e. The molecule has 0 radical (unpaired) electrons. The fourth-order valence-electron chi connectivity index (χ4n) is 0.558. The van der Waals surface area contributed by atoms with Crippen LogP contribution in [0.15, 0.2) is 6.20 Å². The molecule has 12 heavy (non-hydrogen) atoms. The van der Waals surface area contributed by atoms with Crippen LogP contribution in [-0.2, 0) is 0 Å². The lowest BCUT2D eigenvalue weighted by molar-refractivity contribution is -0.380. The van der Waals surface area contributed by atoms with Gasteiger partial charge in [-0.25, -0.2) is 4.98 Å². The van der Waals surface area contributed by atoms with Crippen molar-refractivity contribution in [2.75, 3.05) is 11.9 Å². The highest BCUT2D eigenvalue weighted by Crippen LogP contribution is 2.24. The molecule has 62 valence electrons. The fraction of sp³-hybridized carbons (Fsp3) is 0.167. The van der Waals surface area contributed by atoms with Crippen molar-refractivity contribution in [3.8, 4) is 12.3 Å². The number of aromatic nitrogens is 1.